The average molecular weight is 291 g/mol. The smallest absolute Gasteiger partial charge is 0.240 e. The van der Waals surface area contributed by atoms with Gasteiger partial charge in [-0.05, 0) is 48.9 Å². The quantitative estimate of drug-likeness (QED) is 0.901. The van der Waals surface area contributed by atoms with E-state index in [0.717, 1.165) is 24.8 Å². The number of sulfonamides is 1. The van der Waals surface area contributed by atoms with Gasteiger partial charge in [-0.25, -0.2) is 13.1 Å². The predicted molar refractivity (Wildman–Crippen MR) is 75.7 cm³/mol. The fourth-order valence-corrected chi connectivity index (χ4v) is 3.58. The summed E-state index contributed by atoms with van der Waals surface area (Å²) in [7, 11) is -3.46. The van der Waals surface area contributed by atoms with Crippen LogP contribution in [0.25, 0.3) is 0 Å². The number of aromatic nitrogens is 2. The molecular formula is C14H17N3O2S. The lowest BCUT2D eigenvalue weighted by atomic mass is 9.92. The lowest BCUT2D eigenvalue weighted by Crippen LogP contribution is -2.23. The molecule has 0 bridgehead atoms. The number of rotatable bonds is 4. The van der Waals surface area contributed by atoms with Crippen molar-refractivity contribution < 1.29 is 8.42 Å². The number of nitrogens with one attached hydrogen (secondary N) is 2. The number of hydrogen-bond acceptors (Lipinski definition) is 3. The van der Waals surface area contributed by atoms with E-state index in [9.17, 15) is 8.42 Å². The molecule has 1 aromatic heterocycles. The highest BCUT2D eigenvalue weighted by Crippen LogP contribution is 2.24. The third-order valence-corrected chi connectivity index (χ3v) is 5.05. The zero-order valence-corrected chi connectivity index (χ0v) is 11.9. The second-order valence-corrected chi connectivity index (χ2v) is 6.84. The Bertz CT molecular complexity index is 693. The molecule has 0 radical (unpaired) electrons. The van der Waals surface area contributed by atoms with Crippen LogP contribution in [-0.4, -0.2) is 18.6 Å². The van der Waals surface area contributed by atoms with Crippen molar-refractivity contribution in [3.05, 3.63) is 47.3 Å². The molecule has 6 heteroatoms. The number of benzene rings is 1. The summed E-state index contributed by atoms with van der Waals surface area (Å²) in [5, 5.41) is 6.46. The van der Waals surface area contributed by atoms with E-state index in [4.69, 9.17) is 0 Å². The summed E-state index contributed by atoms with van der Waals surface area (Å²) in [5.41, 5.74) is 3.26. The van der Waals surface area contributed by atoms with Crippen molar-refractivity contribution in [1.29, 1.82) is 0 Å². The Hall–Kier alpha value is -1.66. The van der Waals surface area contributed by atoms with Gasteiger partial charge in [-0.1, -0.05) is 6.07 Å². The van der Waals surface area contributed by atoms with E-state index in [1.54, 1.807) is 18.5 Å². The van der Waals surface area contributed by atoms with Crippen molar-refractivity contribution >= 4 is 10.0 Å². The zero-order chi connectivity index (χ0) is 14.0. The normalized spacial score (nSPS) is 15.0. The summed E-state index contributed by atoms with van der Waals surface area (Å²) >= 11 is 0. The number of hydrogen-bond donors (Lipinski definition) is 2. The first-order valence-electron chi connectivity index (χ1n) is 6.74. The van der Waals surface area contributed by atoms with E-state index in [1.165, 1.54) is 17.5 Å². The summed E-state index contributed by atoms with van der Waals surface area (Å²) < 4.78 is 27.1. The van der Waals surface area contributed by atoms with Crippen LogP contribution in [0.1, 0.15) is 29.5 Å². The maximum Gasteiger partial charge on any atom is 0.240 e. The molecule has 0 amide bonds. The van der Waals surface area contributed by atoms with Crippen LogP contribution in [0.15, 0.2) is 35.5 Å². The maximum atomic E-state index is 12.3. The molecule has 1 aromatic carbocycles. The molecule has 3 rings (SSSR count). The summed E-state index contributed by atoms with van der Waals surface area (Å²) in [4.78, 5) is 0.349. The highest BCUT2D eigenvalue weighted by Gasteiger charge is 2.17. The molecule has 0 fully saturated rings. The van der Waals surface area contributed by atoms with Crippen molar-refractivity contribution in [2.75, 3.05) is 0 Å². The number of H-pyrrole nitrogens is 1. The van der Waals surface area contributed by atoms with Crippen LogP contribution in [0.2, 0.25) is 0 Å². The topological polar surface area (TPSA) is 74.8 Å². The van der Waals surface area contributed by atoms with Crippen LogP contribution < -0.4 is 4.72 Å². The highest BCUT2D eigenvalue weighted by molar-refractivity contribution is 7.89. The second-order valence-electron chi connectivity index (χ2n) is 5.07. The van der Waals surface area contributed by atoms with Crippen molar-refractivity contribution in [2.24, 2.45) is 0 Å². The van der Waals surface area contributed by atoms with Crippen molar-refractivity contribution in [1.82, 2.24) is 14.9 Å². The Morgan fingerprint density at radius 2 is 2.00 bits per heavy atom. The monoisotopic (exact) mass is 291 g/mol. The summed E-state index contributed by atoms with van der Waals surface area (Å²) in [6, 6.07) is 5.45. The van der Waals surface area contributed by atoms with E-state index >= 15 is 0 Å². The van der Waals surface area contributed by atoms with Gasteiger partial charge in [0.25, 0.3) is 0 Å². The lowest BCUT2D eigenvalue weighted by molar-refractivity contribution is 0.580. The minimum absolute atomic E-state index is 0.246. The molecule has 0 saturated carbocycles. The SMILES string of the molecule is O=S(=O)(NCc1cn[nH]c1)c1ccc2c(c1)CCCC2. The van der Waals surface area contributed by atoms with Crippen LogP contribution in [-0.2, 0) is 29.4 Å². The summed E-state index contributed by atoms with van der Waals surface area (Å²) in [5.74, 6) is 0. The number of fused-ring (bicyclic) bond motifs is 1. The third-order valence-electron chi connectivity index (χ3n) is 3.65. The Morgan fingerprint density at radius 3 is 2.75 bits per heavy atom. The van der Waals surface area contributed by atoms with Crippen LogP contribution in [0.5, 0.6) is 0 Å². The molecular weight excluding hydrogens is 274 g/mol. The third kappa shape index (κ3) is 2.76. The first kappa shape index (κ1) is 13.3. The minimum Gasteiger partial charge on any atom is -0.285 e. The molecule has 1 aliphatic carbocycles. The van der Waals surface area contributed by atoms with Gasteiger partial charge in [-0.2, -0.15) is 5.10 Å². The number of aromatic amines is 1. The van der Waals surface area contributed by atoms with Crippen molar-refractivity contribution in [2.45, 2.75) is 37.1 Å². The van der Waals surface area contributed by atoms with E-state index in [2.05, 4.69) is 14.9 Å². The first-order chi connectivity index (χ1) is 9.65. The maximum absolute atomic E-state index is 12.3. The Kier molecular flexibility index (Phi) is 3.58. The molecule has 2 N–H and O–H groups in total. The van der Waals surface area contributed by atoms with E-state index < -0.39 is 10.0 Å². The fraction of sp³-hybridized carbons (Fsp3) is 0.357. The standard InChI is InChI=1S/C14H17N3O2S/c18-20(19,17-10-11-8-15-16-9-11)14-6-5-12-3-1-2-4-13(12)7-14/h5-9,17H,1-4,10H2,(H,15,16). The molecule has 20 heavy (non-hydrogen) atoms. The number of aryl methyl sites for hydroxylation is 2. The molecule has 106 valence electrons. The minimum atomic E-state index is -3.46. The molecule has 0 spiro atoms. The van der Waals surface area contributed by atoms with Gasteiger partial charge in [-0.3, -0.25) is 5.10 Å². The molecule has 5 nitrogen and oxygen atoms in total. The molecule has 0 atom stereocenters. The first-order valence-corrected chi connectivity index (χ1v) is 8.22. The Morgan fingerprint density at radius 1 is 1.20 bits per heavy atom. The van der Waals surface area contributed by atoms with Crippen LogP contribution in [0, 0.1) is 0 Å². The van der Waals surface area contributed by atoms with Crippen molar-refractivity contribution in [3.63, 3.8) is 0 Å². The van der Waals surface area contributed by atoms with Gasteiger partial charge in [0, 0.05) is 18.3 Å². The van der Waals surface area contributed by atoms with Gasteiger partial charge in [0.2, 0.25) is 10.0 Å². The average Bonchev–Trinajstić information content (AvgIpc) is 2.98. The second kappa shape index (κ2) is 5.38. The van der Waals surface area contributed by atoms with Gasteiger partial charge >= 0.3 is 0 Å². The van der Waals surface area contributed by atoms with Gasteiger partial charge in [0.15, 0.2) is 0 Å². The van der Waals surface area contributed by atoms with E-state index in [0.29, 0.717) is 4.90 Å². The lowest BCUT2D eigenvalue weighted by Gasteiger charge is -2.16. The van der Waals surface area contributed by atoms with Crippen molar-refractivity contribution in [3.8, 4) is 0 Å². The summed E-state index contributed by atoms with van der Waals surface area (Å²) in [6.45, 7) is 0.246. The molecule has 2 aromatic rings. The molecule has 0 unspecified atom stereocenters. The molecule has 1 heterocycles. The van der Waals surface area contributed by atoms with Gasteiger partial charge in [0.1, 0.15) is 0 Å². The van der Waals surface area contributed by atoms with E-state index in [1.807, 2.05) is 12.1 Å². The Balaban J connectivity index is 1.80. The highest BCUT2D eigenvalue weighted by atomic mass is 32.2. The van der Waals surface area contributed by atoms with Crippen LogP contribution in [0.4, 0.5) is 0 Å². The van der Waals surface area contributed by atoms with Gasteiger partial charge in [-0.15, -0.1) is 0 Å². The molecule has 0 aliphatic heterocycles. The van der Waals surface area contributed by atoms with Gasteiger partial charge < -0.3 is 0 Å². The number of nitrogens with zero attached hydrogens (tertiary/aromatic N) is 1. The molecule has 0 saturated heterocycles. The van der Waals surface area contributed by atoms with Crippen LogP contribution >= 0.6 is 0 Å². The van der Waals surface area contributed by atoms with E-state index in [-0.39, 0.29) is 6.54 Å². The fourth-order valence-electron chi connectivity index (χ4n) is 2.51. The molecule has 1 aliphatic rings. The zero-order valence-electron chi connectivity index (χ0n) is 11.1. The Labute approximate surface area is 118 Å². The van der Waals surface area contributed by atoms with Gasteiger partial charge in [0.05, 0.1) is 11.1 Å². The van der Waals surface area contributed by atoms with Crippen LogP contribution in [0.3, 0.4) is 0 Å². The summed E-state index contributed by atoms with van der Waals surface area (Å²) in [6.07, 6.45) is 7.64. The predicted octanol–water partition coefficient (Wildman–Crippen LogP) is 1.77. The largest absolute Gasteiger partial charge is 0.285 e.